The lowest BCUT2D eigenvalue weighted by molar-refractivity contribution is -0.126. The smallest absolute Gasteiger partial charge is 0.355 e. The number of rotatable bonds is 5. The largest absolute Gasteiger partial charge is 0.393 e. The van der Waals surface area contributed by atoms with Crippen LogP contribution in [0.15, 0.2) is 42.7 Å². The Morgan fingerprint density at radius 1 is 1.17 bits per heavy atom. The van der Waals surface area contributed by atoms with Gasteiger partial charge in [-0.15, -0.1) is 11.3 Å². The van der Waals surface area contributed by atoms with E-state index in [0.717, 1.165) is 55.0 Å². The Morgan fingerprint density at radius 3 is 2.73 bits per heavy atom. The van der Waals surface area contributed by atoms with E-state index in [1.54, 1.807) is 6.07 Å². The number of hydrogen-bond acceptors (Lipinski definition) is 5. The van der Waals surface area contributed by atoms with E-state index in [1.807, 2.05) is 6.07 Å². The fourth-order valence-corrected chi connectivity index (χ4v) is 5.89. The quantitative estimate of drug-likeness (QED) is 0.620. The first-order valence-corrected chi connectivity index (χ1v) is 11.0. The van der Waals surface area contributed by atoms with Gasteiger partial charge < -0.3 is 10.2 Å². The second-order valence-electron chi connectivity index (χ2n) is 8.58. The molecule has 1 N–H and O–H groups in total. The molecule has 5 rings (SSSR count). The summed E-state index contributed by atoms with van der Waals surface area (Å²) in [4.78, 5) is 11.7. The third-order valence-electron chi connectivity index (χ3n) is 6.23. The summed E-state index contributed by atoms with van der Waals surface area (Å²) in [5, 5.41) is 4.43. The monoisotopic (exact) mass is 432 g/mol. The minimum absolute atomic E-state index is 0.288. The number of halogens is 3. The van der Waals surface area contributed by atoms with E-state index in [1.165, 1.54) is 18.3 Å². The number of thiophene rings is 1. The molecule has 1 spiro atoms. The van der Waals surface area contributed by atoms with Crippen molar-refractivity contribution >= 4 is 27.4 Å². The standard InChI is InChI=1S/C22H23F3N4S/c23-22(24,25)10-17-8-18-19(27-14-28-20(18)30-17)29-12-21(13-29)7-6-16(9-21)26-11-15-4-2-1-3-5-15/h1-5,8,14,16,26H,6-7,9-13H2/t16-/m0/s1. The lowest BCUT2D eigenvalue weighted by Crippen LogP contribution is -2.56. The fraction of sp³-hybridized carbons (Fsp3) is 0.455. The van der Waals surface area contributed by atoms with Crippen LogP contribution in [-0.2, 0) is 13.0 Å². The van der Waals surface area contributed by atoms with E-state index in [4.69, 9.17) is 0 Å². The van der Waals surface area contributed by atoms with Crippen molar-refractivity contribution in [3.05, 3.63) is 53.2 Å². The molecule has 2 aliphatic rings. The highest BCUT2D eigenvalue weighted by atomic mass is 32.1. The van der Waals surface area contributed by atoms with Crippen LogP contribution in [0, 0.1) is 5.41 Å². The van der Waals surface area contributed by atoms with Gasteiger partial charge in [-0.2, -0.15) is 13.2 Å². The lowest BCUT2D eigenvalue weighted by atomic mass is 9.78. The van der Waals surface area contributed by atoms with Crippen LogP contribution in [0.1, 0.15) is 29.7 Å². The van der Waals surface area contributed by atoms with Crippen molar-refractivity contribution in [3.8, 4) is 0 Å². The maximum Gasteiger partial charge on any atom is 0.393 e. The SMILES string of the molecule is FC(F)(F)Cc1cc2c(N3CC4(CC[C@H](NCc5ccccc5)C4)C3)ncnc2s1. The third kappa shape index (κ3) is 4.03. The molecule has 2 aromatic heterocycles. The highest BCUT2D eigenvalue weighted by Gasteiger charge is 2.48. The highest BCUT2D eigenvalue weighted by molar-refractivity contribution is 7.18. The van der Waals surface area contributed by atoms with Crippen molar-refractivity contribution in [1.29, 1.82) is 0 Å². The van der Waals surface area contributed by atoms with Crippen molar-refractivity contribution in [1.82, 2.24) is 15.3 Å². The molecule has 0 amide bonds. The number of anilines is 1. The molecule has 1 aliphatic carbocycles. The Morgan fingerprint density at radius 2 is 1.97 bits per heavy atom. The van der Waals surface area contributed by atoms with E-state index in [9.17, 15) is 13.2 Å². The number of alkyl halides is 3. The second-order valence-corrected chi connectivity index (χ2v) is 9.70. The summed E-state index contributed by atoms with van der Waals surface area (Å²) in [7, 11) is 0. The number of benzene rings is 1. The zero-order valence-electron chi connectivity index (χ0n) is 16.5. The third-order valence-corrected chi connectivity index (χ3v) is 7.27. The number of nitrogens with one attached hydrogen (secondary N) is 1. The van der Waals surface area contributed by atoms with E-state index < -0.39 is 12.6 Å². The molecule has 158 valence electrons. The van der Waals surface area contributed by atoms with Gasteiger partial charge in [-0.05, 0) is 30.9 Å². The molecule has 0 unspecified atom stereocenters. The van der Waals surface area contributed by atoms with Crippen LogP contribution >= 0.6 is 11.3 Å². The van der Waals surface area contributed by atoms with E-state index in [-0.39, 0.29) is 5.41 Å². The van der Waals surface area contributed by atoms with Crippen LogP contribution in [0.2, 0.25) is 0 Å². The van der Waals surface area contributed by atoms with Gasteiger partial charge in [-0.25, -0.2) is 9.97 Å². The summed E-state index contributed by atoms with van der Waals surface area (Å²) >= 11 is 1.11. The first-order valence-electron chi connectivity index (χ1n) is 10.2. The topological polar surface area (TPSA) is 41.0 Å². The summed E-state index contributed by atoms with van der Waals surface area (Å²) < 4.78 is 38.3. The Balaban J connectivity index is 1.23. The Hall–Kier alpha value is -2.19. The van der Waals surface area contributed by atoms with E-state index in [0.29, 0.717) is 15.7 Å². The molecule has 1 aliphatic heterocycles. The van der Waals surface area contributed by atoms with Gasteiger partial charge >= 0.3 is 6.18 Å². The summed E-state index contributed by atoms with van der Waals surface area (Å²) in [6, 6.07) is 12.5. The summed E-state index contributed by atoms with van der Waals surface area (Å²) in [6.07, 6.45) is -0.183. The molecule has 1 saturated heterocycles. The summed E-state index contributed by atoms with van der Waals surface area (Å²) in [6.45, 7) is 2.70. The van der Waals surface area contributed by atoms with Gasteiger partial charge in [0.2, 0.25) is 0 Å². The summed E-state index contributed by atoms with van der Waals surface area (Å²) in [5.41, 5.74) is 1.58. The van der Waals surface area contributed by atoms with Gasteiger partial charge in [0, 0.05) is 36.0 Å². The van der Waals surface area contributed by atoms with Gasteiger partial charge in [0.25, 0.3) is 0 Å². The first-order chi connectivity index (χ1) is 14.4. The second kappa shape index (κ2) is 7.50. The number of nitrogens with zero attached hydrogens (tertiary/aromatic N) is 3. The molecule has 0 radical (unpaired) electrons. The molecule has 1 aromatic carbocycles. The van der Waals surface area contributed by atoms with Crippen LogP contribution in [0.3, 0.4) is 0 Å². The van der Waals surface area contributed by atoms with Crippen LogP contribution < -0.4 is 10.2 Å². The Bertz CT molecular complexity index is 1030. The van der Waals surface area contributed by atoms with Crippen molar-refractivity contribution < 1.29 is 13.2 Å². The van der Waals surface area contributed by atoms with E-state index >= 15 is 0 Å². The van der Waals surface area contributed by atoms with Gasteiger partial charge in [-0.3, -0.25) is 0 Å². The van der Waals surface area contributed by atoms with Crippen LogP contribution in [0.5, 0.6) is 0 Å². The van der Waals surface area contributed by atoms with Gasteiger partial charge in [0.05, 0.1) is 11.8 Å². The Kier molecular flexibility index (Phi) is 4.94. The summed E-state index contributed by atoms with van der Waals surface area (Å²) in [5.74, 6) is 0.774. The van der Waals surface area contributed by atoms with Crippen molar-refractivity contribution in [2.75, 3.05) is 18.0 Å². The predicted molar refractivity (Wildman–Crippen MR) is 113 cm³/mol. The molecule has 3 aromatic rings. The number of aromatic nitrogens is 2. The normalized spacial score (nSPS) is 20.8. The average Bonchev–Trinajstić information content (AvgIpc) is 3.28. The Labute approximate surface area is 177 Å². The van der Waals surface area contributed by atoms with Crippen molar-refractivity contribution in [3.63, 3.8) is 0 Å². The number of fused-ring (bicyclic) bond motifs is 1. The molecule has 30 heavy (non-hydrogen) atoms. The minimum Gasteiger partial charge on any atom is -0.355 e. The van der Waals surface area contributed by atoms with Crippen LogP contribution in [-0.4, -0.2) is 35.3 Å². The van der Waals surface area contributed by atoms with Crippen LogP contribution in [0.25, 0.3) is 10.2 Å². The molecule has 1 atom stereocenters. The molecule has 2 fully saturated rings. The molecule has 3 heterocycles. The predicted octanol–water partition coefficient (Wildman–Crippen LogP) is 4.94. The van der Waals surface area contributed by atoms with Crippen LogP contribution in [0.4, 0.5) is 19.0 Å². The zero-order valence-corrected chi connectivity index (χ0v) is 17.3. The van der Waals surface area contributed by atoms with Gasteiger partial charge in [0.15, 0.2) is 0 Å². The maximum absolute atomic E-state index is 12.8. The maximum atomic E-state index is 12.8. The zero-order chi connectivity index (χ0) is 20.8. The minimum atomic E-state index is -4.21. The first kappa shape index (κ1) is 19.8. The molecule has 1 saturated carbocycles. The van der Waals surface area contributed by atoms with Crippen molar-refractivity contribution in [2.45, 2.75) is 44.4 Å². The lowest BCUT2D eigenvalue weighted by Gasteiger charge is -2.49. The molecule has 8 heteroatoms. The van der Waals surface area contributed by atoms with E-state index in [2.05, 4.69) is 44.5 Å². The fourth-order valence-electron chi connectivity index (χ4n) is 4.87. The molecular weight excluding hydrogens is 409 g/mol. The van der Waals surface area contributed by atoms with Crippen molar-refractivity contribution in [2.24, 2.45) is 5.41 Å². The molecular formula is C22H23F3N4S. The van der Waals surface area contributed by atoms with Gasteiger partial charge in [0.1, 0.15) is 17.0 Å². The molecule has 4 nitrogen and oxygen atoms in total. The van der Waals surface area contributed by atoms with Gasteiger partial charge in [-0.1, -0.05) is 30.3 Å². The molecule has 0 bridgehead atoms. The highest BCUT2D eigenvalue weighted by Crippen LogP contribution is 2.48. The number of hydrogen-bond donors (Lipinski definition) is 1. The average molecular weight is 433 g/mol.